The fourth-order valence-electron chi connectivity index (χ4n) is 1.55. The van der Waals surface area contributed by atoms with Crippen LogP contribution < -0.4 is 5.32 Å². The maximum absolute atomic E-state index is 12.9. The zero-order valence-electron chi connectivity index (χ0n) is 12.0. The Morgan fingerprint density at radius 3 is 2.21 bits per heavy atom. The van der Waals surface area contributed by atoms with E-state index in [2.05, 4.69) is 4.74 Å². The molecule has 0 aliphatic carbocycles. The lowest BCUT2D eigenvalue weighted by atomic mass is 10.1. The molecule has 0 aromatic heterocycles. The molecule has 1 aromatic carbocycles. The molecule has 0 aliphatic rings. The third-order valence-electron chi connectivity index (χ3n) is 2.73. The first-order valence-corrected chi connectivity index (χ1v) is 6.29. The van der Waals surface area contributed by atoms with Crippen LogP contribution in [0, 0.1) is 0 Å². The number of nitrogens with one attached hydrogen (secondary N) is 1. The maximum Gasteiger partial charge on any atom is 0.448 e. The van der Waals surface area contributed by atoms with Crippen molar-refractivity contribution in [1.82, 2.24) is 5.32 Å². The van der Waals surface area contributed by atoms with E-state index in [1.165, 1.54) is 0 Å². The van der Waals surface area contributed by atoms with Crippen LogP contribution in [0.15, 0.2) is 24.3 Å². The number of carbonyl (C=O) groups excluding carboxylic acids is 2. The van der Waals surface area contributed by atoms with Gasteiger partial charge in [0.2, 0.25) is 0 Å². The lowest BCUT2D eigenvalue weighted by Crippen LogP contribution is -2.64. The van der Waals surface area contributed by atoms with Gasteiger partial charge in [-0.3, -0.25) is 4.79 Å². The number of hydrogen-bond donors (Lipinski definition) is 2. The molecular formula is C13H11F6NO4. The molecule has 2 N–H and O–H groups in total. The summed E-state index contributed by atoms with van der Waals surface area (Å²) < 4.78 is 80.3. The minimum Gasteiger partial charge on any atom is -0.462 e. The van der Waals surface area contributed by atoms with Gasteiger partial charge >= 0.3 is 24.0 Å². The van der Waals surface area contributed by atoms with Crippen LogP contribution in [0.1, 0.15) is 22.8 Å². The molecule has 0 radical (unpaired) electrons. The molecule has 134 valence electrons. The number of alkyl halides is 6. The standard InChI is InChI=1S/C13H11F6NO4/c1-2-24-10(22)11(23,13(17,18)19)20-9(21)7-4-3-5-8(6-7)12(14,15)16/h3-6,23H,2H2,1H3,(H,20,21)/t11-/m1/s1. The van der Waals surface area contributed by atoms with Crippen molar-refractivity contribution in [3.63, 3.8) is 0 Å². The zero-order valence-corrected chi connectivity index (χ0v) is 12.0. The number of rotatable bonds is 4. The normalized spacial score (nSPS) is 14.7. The molecule has 0 fully saturated rings. The summed E-state index contributed by atoms with van der Waals surface area (Å²) in [5.41, 5.74) is -6.52. The largest absolute Gasteiger partial charge is 0.462 e. The quantitative estimate of drug-likeness (QED) is 0.491. The van der Waals surface area contributed by atoms with E-state index in [1.54, 1.807) is 0 Å². The average molecular weight is 359 g/mol. The third kappa shape index (κ3) is 4.16. The highest BCUT2D eigenvalue weighted by Crippen LogP contribution is 2.31. The summed E-state index contributed by atoms with van der Waals surface area (Å²) in [5.74, 6) is -3.95. The number of ether oxygens (including phenoxy) is 1. The summed E-state index contributed by atoms with van der Waals surface area (Å²) in [6.45, 7) is 0.625. The minimum atomic E-state index is -5.66. The van der Waals surface area contributed by atoms with Crippen LogP contribution >= 0.6 is 0 Å². The van der Waals surface area contributed by atoms with Crippen LogP contribution in [0.4, 0.5) is 26.3 Å². The van der Waals surface area contributed by atoms with Crippen LogP contribution in [0.5, 0.6) is 0 Å². The van der Waals surface area contributed by atoms with E-state index in [9.17, 15) is 41.0 Å². The molecule has 1 rings (SSSR count). The van der Waals surface area contributed by atoms with Crippen molar-refractivity contribution in [1.29, 1.82) is 0 Å². The highest BCUT2D eigenvalue weighted by molar-refractivity contribution is 5.98. The molecule has 0 unspecified atom stereocenters. The van der Waals surface area contributed by atoms with Crippen LogP contribution in [0.2, 0.25) is 0 Å². The van der Waals surface area contributed by atoms with Crippen molar-refractivity contribution in [2.45, 2.75) is 25.0 Å². The third-order valence-corrected chi connectivity index (χ3v) is 2.73. The molecule has 5 nitrogen and oxygen atoms in total. The maximum atomic E-state index is 12.9. The van der Waals surface area contributed by atoms with Crippen molar-refractivity contribution in [2.75, 3.05) is 6.61 Å². The molecule has 0 saturated heterocycles. The lowest BCUT2D eigenvalue weighted by molar-refractivity contribution is -0.269. The number of esters is 1. The van der Waals surface area contributed by atoms with Crippen molar-refractivity contribution in [2.24, 2.45) is 0 Å². The smallest absolute Gasteiger partial charge is 0.448 e. The molecule has 0 heterocycles. The van der Waals surface area contributed by atoms with Crippen LogP contribution in [-0.4, -0.2) is 35.5 Å². The molecule has 0 aliphatic heterocycles. The zero-order chi connectivity index (χ0) is 18.8. The van der Waals surface area contributed by atoms with Gasteiger partial charge in [0.05, 0.1) is 12.2 Å². The highest BCUT2D eigenvalue weighted by atomic mass is 19.4. The van der Waals surface area contributed by atoms with Gasteiger partial charge in [0.1, 0.15) is 0 Å². The molecule has 1 aromatic rings. The fourth-order valence-corrected chi connectivity index (χ4v) is 1.55. The Kier molecular flexibility index (Phi) is 5.49. The molecule has 1 amide bonds. The molecule has 0 saturated carbocycles. The average Bonchev–Trinajstić information content (AvgIpc) is 2.45. The lowest BCUT2D eigenvalue weighted by Gasteiger charge is -2.28. The first-order valence-electron chi connectivity index (χ1n) is 6.29. The Bertz CT molecular complexity index is 628. The summed E-state index contributed by atoms with van der Waals surface area (Å²) in [6, 6.07) is 2.44. The van der Waals surface area contributed by atoms with E-state index in [-0.39, 0.29) is 6.07 Å². The second-order valence-electron chi connectivity index (χ2n) is 4.46. The minimum absolute atomic E-state index is 0.275. The molecule has 11 heteroatoms. The number of carbonyl (C=O) groups is 2. The van der Waals surface area contributed by atoms with Gasteiger partial charge in [0.25, 0.3) is 5.91 Å². The molecule has 0 spiro atoms. The summed E-state index contributed by atoms with van der Waals surface area (Å²) in [6.07, 6.45) is -10.5. The van der Waals surface area contributed by atoms with E-state index < -0.39 is 47.7 Å². The fraction of sp³-hybridized carbons (Fsp3) is 0.385. The Balaban J connectivity index is 3.17. The van der Waals surface area contributed by atoms with E-state index in [0.29, 0.717) is 6.07 Å². The number of amides is 1. The second kappa shape index (κ2) is 6.67. The van der Waals surface area contributed by atoms with Gasteiger partial charge in [-0.2, -0.15) is 26.3 Å². The molecule has 24 heavy (non-hydrogen) atoms. The first kappa shape index (κ1) is 19.7. The second-order valence-corrected chi connectivity index (χ2v) is 4.46. The van der Waals surface area contributed by atoms with Gasteiger partial charge in [-0.1, -0.05) is 6.07 Å². The first-order chi connectivity index (χ1) is 10.8. The van der Waals surface area contributed by atoms with E-state index in [4.69, 9.17) is 0 Å². The summed E-state index contributed by atoms with van der Waals surface area (Å²) in [7, 11) is 0. The summed E-state index contributed by atoms with van der Waals surface area (Å²) in [4.78, 5) is 23.1. The summed E-state index contributed by atoms with van der Waals surface area (Å²) in [5, 5.41) is 10.4. The van der Waals surface area contributed by atoms with Crippen molar-refractivity contribution in [3.05, 3.63) is 35.4 Å². The van der Waals surface area contributed by atoms with Gasteiger partial charge in [0, 0.05) is 5.56 Å². The van der Waals surface area contributed by atoms with Crippen LogP contribution in [0.25, 0.3) is 0 Å². The van der Waals surface area contributed by atoms with E-state index in [1.807, 2.05) is 0 Å². The highest BCUT2D eigenvalue weighted by Gasteiger charge is 2.62. The Labute approximate surface area is 131 Å². The van der Waals surface area contributed by atoms with Gasteiger partial charge < -0.3 is 15.2 Å². The number of aliphatic hydroxyl groups is 1. The van der Waals surface area contributed by atoms with Gasteiger partial charge in [-0.05, 0) is 25.1 Å². The van der Waals surface area contributed by atoms with Crippen molar-refractivity contribution >= 4 is 11.9 Å². The monoisotopic (exact) mass is 359 g/mol. The van der Waals surface area contributed by atoms with Crippen molar-refractivity contribution in [3.8, 4) is 0 Å². The predicted octanol–water partition coefficient (Wildman–Crippen LogP) is 2.25. The van der Waals surface area contributed by atoms with Gasteiger partial charge in [-0.15, -0.1) is 0 Å². The van der Waals surface area contributed by atoms with Crippen molar-refractivity contribution < 1.29 is 45.8 Å². The Morgan fingerprint density at radius 2 is 1.75 bits per heavy atom. The van der Waals surface area contributed by atoms with Gasteiger partial charge in [-0.25, -0.2) is 4.79 Å². The Hall–Kier alpha value is -2.30. The molecular weight excluding hydrogens is 348 g/mol. The molecule has 0 bridgehead atoms. The SMILES string of the molecule is CCOC(=O)[C@](O)(NC(=O)c1cccc(C(F)(F)F)c1)C(F)(F)F. The Morgan fingerprint density at radius 1 is 1.17 bits per heavy atom. The van der Waals surface area contributed by atoms with Crippen LogP contribution in [0.3, 0.4) is 0 Å². The topological polar surface area (TPSA) is 75.6 Å². The molecule has 1 atom stereocenters. The van der Waals surface area contributed by atoms with E-state index in [0.717, 1.165) is 24.4 Å². The number of benzene rings is 1. The predicted molar refractivity (Wildman–Crippen MR) is 66.5 cm³/mol. The van der Waals surface area contributed by atoms with Gasteiger partial charge in [0.15, 0.2) is 0 Å². The number of hydrogen-bond acceptors (Lipinski definition) is 4. The summed E-state index contributed by atoms with van der Waals surface area (Å²) >= 11 is 0. The number of halogens is 6. The van der Waals surface area contributed by atoms with E-state index >= 15 is 0 Å². The van der Waals surface area contributed by atoms with Crippen LogP contribution in [-0.2, 0) is 15.7 Å².